The zero-order chi connectivity index (χ0) is 14.1. The number of nitrogens with zero attached hydrogens (tertiary/aromatic N) is 1. The number of hydrogen-bond donors (Lipinski definition) is 1. The maximum absolute atomic E-state index is 12.0. The van der Waals surface area contributed by atoms with Crippen molar-refractivity contribution < 1.29 is 9.53 Å². The van der Waals surface area contributed by atoms with E-state index >= 15 is 0 Å². The Balaban J connectivity index is 2.55. The molecule has 4 nitrogen and oxygen atoms in total. The number of piperidine rings is 1. The van der Waals surface area contributed by atoms with Gasteiger partial charge in [0, 0.05) is 12.6 Å². The Hall–Kier alpha value is -0.610. The van der Waals surface area contributed by atoms with Crippen LogP contribution in [0, 0.1) is 0 Å². The second-order valence-electron chi connectivity index (χ2n) is 5.31. The Kier molecular flexibility index (Phi) is 8.07. The molecule has 1 heterocycles. The maximum atomic E-state index is 12.0. The van der Waals surface area contributed by atoms with Gasteiger partial charge >= 0.3 is 5.97 Å². The highest BCUT2D eigenvalue weighted by Gasteiger charge is 2.27. The van der Waals surface area contributed by atoms with Gasteiger partial charge in [-0.2, -0.15) is 0 Å². The lowest BCUT2D eigenvalue weighted by Gasteiger charge is -2.37. The van der Waals surface area contributed by atoms with Crippen LogP contribution in [-0.2, 0) is 9.53 Å². The lowest BCUT2D eigenvalue weighted by molar-refractivity contribution is -0.146. The van der Waals surface area contributed by atoms with Gasteiger partial charge in [-0.3, -0.25) is 9.69 Å². The molecule has 0 amide bonds. The quantitative estimate of drug-likeness (QED) is 0.686. The highest BCUT2D eigenvalue weighted by molar-refractivity contribution is 5.76. The number of rotatable bonds is 8. The van der Waals surface area contributed by atoms with E-state index in [4.69, 9.17) is 4.74 Å². The van der Waals surface area contributed by atoms with Crippen molar-refractivity contribution in [3.63, 3.8) is 0 Å². The number of carbonyl (C=O) groups is 1. The Morgan fingerprint density at radius 2 is 2.16 bits per heavy atom. The molecule has 1 fully saturated rings. The summed E-state index contributed by atoms with van der Waals surface area (Å²) in [6.07, 6.45) is 6.04. The predicted molar refractivity (Wildman–Crippen MR) is 78.2 cm³/mol. The number of nitrogens with one attached hydrogen (secondary N) is 1. The van der Waals surface area contributed by atoms with Gasteiger partial charge in [-0.15, -0.1) is 0 Å². The van der Waals surface area contributed by atoms with Crippen molar-refractivity contribution in [1.82, 2.24) is 10.2 Å². The number of likely N-dealkylation sites (tertiary alicyclic amines) is 1. The molecule has 0 aromatic carbocycles. The molecule has 2 atom stereocenters. The summed E-state index contributed by atoms with van der Waals surface area (Å²) in [6.45, 7) is 9.45. The largest absolute Gasteiger partial charge is 0.465 e. The van der Waals surface area contributed by atoms with Gasteiger partial charge in [-0.05, 0) is 45.7 Å². The molecule has 112 valence electrons. The fourth-order valence-corrected chi connectivity index (χ4v) is 2.78. The van der Waals surface area contributed by atoms with Crippen molar-refractivity contribution in [3.05, 3.63) is 0 Å². The summed E-state index contributed by atoms with van der Waals surface area (Å²) in [7, 11) is 0. The van der Waals surface area contributed by atoms with E-state index in [0.717, 1.165) is 26.1 Å². The van der Waals surface area contributed by atoms with Crippen LogP contribution in [0.25, 0.3) is 0 Å². The molecule has 0 saturated carbocycles. The van der Waals surface area contributed by atoms with Crippen LogP contribution in [0.1, 0.15) is 52.9 Å². The third-order valence-corrected chi connectivity index (χ3v) is 3.85. The first-order valence-electron chi connectivity index (χ1n) is 7.86. The minimum absolute atomic E-state index is 0.101. The van der Waals surface area contributed by atoms with Crippen LogP contribution < -0.4 is 5.32 Å². The van der Waals surface area contributed by atoms with Crippen LogP contribution in [0.15, 0.2) is 0 Å². The van der Waals surface area contributed by atoms with E-state index < -0.39 is 0 Å². The van der Waals surface area contributed by atoms with Crippen molar-refractivity contribution in [2.45, 2.75) is 65.0 Å². The van der Waals surface area contributed by atoms with Crippen molar-refractivity contribution in [3.8, 4) is 0 Å². The first-order valence-corrected chi connectivity index (χ1v) is 7.86. The summed E-state index contributed by atoms with van der Waals surface area (Å²) in [5.41, 5.74) is 0. The van der Waals surface area contributed by atoms with E-state index in [1.807, 2.05) is 6.92 Å². The van der Waals surface area contributed by atoms with E-state index in [9.17, 15) is 4.79 Å². The topological polar surface area (TPSA) is 41.6 Å². The number of ether oxygens (including phenoxy) is 1. The van der Waals surface area contributed by atoms with Gasteiger partial charge in [0.25, 0.3) is 0 Å². The second kappa shape index (κ2) is 9.32. The molecular weight excluding hydrogens is 240 g/mol. The Morgan fingerprint density at radius 3 is 2.79 bits per heavy atom. The van der Waals surface area contributed by atoms with E-state index in [0.29, 0.717) is 12.6 Å². The van der Waals surface area contributed by atoms with Gasteiger partial charge in [-0.1, -0.05) is 20.3 Å². The fraction of sp³-hybridized carbons (Fsp3) is 0.933. The summed E-state index contributed by atoms with van der Waals surface area (Å²) in [5.74, 6) is -0.101. The molecule has 2 unspecified atom stereocenters. The van der Waals surface area contributed by atoms with Crippen LogP contribution >= 0.6 is 0 Å². The molecule has 1 aliphatic heterocycles. The molecule has 0 aliphatic carbocycles. The minimum Gasteiger partial charge on any atom is -0.465 e. The molecule has 1 aliphatic rings. The minimum atomic E-state index is -0.174. The van der Waals surface area contributed by atoms with Gasteiger partial charge < -0.3 is 10.1 Å². The van der Waals surface area contributed by atoms with Crippen LogP contribution in [0.3, 0.4) is 0 Å². The normalized spacial score (nSPS) is 22.2. The molecule has 0 bridgehead atoms. The second-order valence-corrected chi connectivity index (χ2v) is 5.31. The van der Waals surface area contributed by atoms with E-state index in [1.54, 1.807) is 0 Å². The first-order chi connectivity index (χ1) is 9.22. The number of carbonyl (C=O) groups excluding carboxylic acids is 1. The fourth-order valence-electron chi connectivity index (χ4n) is 2.78. The van der Waals surface area contributed by atoms with Gasteiger partial charge in [-0.25, -0.2) is 0 Å². The smallest absolute Gasteiger partial charge is 0.324 e. The highest BCUT2D eigenvalue weighted by atomic mass is 16.5. The molecule has 0 radical (unpaired) electrons. The van der Waals surface area contributed by atoms with Gasteiger partial charge in [0.2, 0.25) is 0 Å². The summed E-state index contributed by atoms with van der Waals surface area (Å²) in [6, 6.07) is 0.459. The Bertz CT molecular complexity index is 259. The maximum Gasteiger partial charge on any atom is 0.324 e. The monoisotopic (exact) mass is 270 g/mol. The molecule has 1 N–H and O–H groups in total. The van der Waals surface area contributed by atoms with E-state index in [2.05, 4.69) is 24.1 Å². The third kappa shape index (κ3) is 5.49. The molecule has 0 aromatic rings. The van der Waals surface area contributed by atoms with Crippen molar-refractivity contribution in [1.29, 1.82) is 0 Å². The van der Waals surface area contributed by atoms with Gasteiger partial charge in [0.05, 0.1) is 6.61 Å². The molecule has 0 spiro atoms. The average Bonchev–Trinajstić information content (AvgIpc) is 2.44. The Morgan fingerprint density at radius 1 is 1.37 bits per heavy atom. The lowest BCUT2D eigenvalue weighted by atomic mass is 9.99. The molecular formula is C15H30N2O2. The molecule has 19 heavy (non-hydrogen) atoms. The van der Waals surface area contributed by atoms with Gasteiger partial charge in [0.1, 0.15) is 6.04 Å². The van der Waals surface area contributed by atoms with Crippen LogP contribution in [0.5, 0.6) is 0 Å². The average molecular weight is 270 g/mol. The standard InChI is InChI=1S/C15H30N2O2/c1-4-10-16-14(15(18)19-6-3)12-17-11-8-7-9-13(17)5-2/h13-14,16H,4-12H2,1-3H3. The highest BCUT2D eigenvalue weighted by Crippen LogP contribution is 2.19. The zero-order valence-corrected chi connectivity index (χ0v) is 12.8. The van der Waals surface area contributed by atoms with Crippen LogP contribution in [-0.4, -0.2) is 49.2 Å². The van der Waals surface area contributed by atoms with E-state index in [1.165, 1.54) is 25.7 Å². The SMILES string of the molecule is CCCNC(CN1CCCCC1CC)C(=O)OCC. The molecule has 1 rings (SSSR count). The predicted octanol–water partition coefficient (Wildman–Crippen LogP) is 2.18. The summed E-state index contributed by atoms with van der Waals surface area (Å²) >= 11 is 0. The summed E-state index contributed by atoms with van der Waals surface area (Å²) in [5, 5.41) is 3.33. The third-order valence-electron chi connectivity index (χ3n) is 3.85. The van der Waals surface area contributed by atoms with Crippen molar-refractivity contribution in [2.24, 2.45) is 0 Å². The van der Waals surface area contributed by atoms with Crippen molar-refractivity contribution >= 4 is 5.97 Å². The molecule has 1 saturated heterocycles. The Labute approximate surface area is 117 Å². The number of hydrogen-bond acceptors (Lipinski definition) is 4. The van der Waals surface area contributed by atoms with E-state index in [-0.39, 0.29) is 12.0 Å². The molecule has 4 heteroatoms. The lowest BCUT2D eigenvalue weighted by Crippen LogP contribution is -2.51. The van der Waals surface area contributed by atoms with Crippen molar-refractivity contribution in [2.75, 3.05) is 26.2 Å². The van der Waals surface area contributed by atoms with Gasteiger partial charge in [0.15, 0.2) is 0 Å². The molecule has 0 aromatic heterocycles. The van der Waals surface area contributed by atoms with Crippen LogP contribution in [0.4, 0.5) is 0 Å². The number of esters is 1. The summed E-state index contributed by atoms with van der Waals surface area (Å²) < 4.78 is 5.18. The first kappa shape index (κ1) is 16.4. The zero-order valence-electron chi connectivity index (χ0n) is 12.8. The van der Waals surface area contributed by atoms with Crippen LogP contribution in [0.2, 0.25) is 0 Å². The summed E-state index contributed by atoms with van der Waals surface area (Å²) in [4.78, 5) is 14.5.